The van der Waals surface area contributed by atoms with Crippen LogP contribution in [0.3, 0.4) is 0 Å². The lowest BCUT2D eigenvalue weighted by Crippen LogP contribution is -2.50. The number of piperazine rings is 1. The highest BCUT2D eigenvalue weighted by Gasteiger charge is 2.26. The number of nitrogens with zero attached hydrogens (tertiary/aromatic N) is 2. The van der Waals surface area contributed by atoms with E-state index in [1.54, 1.807) is 36.2 Å². The highest BCUT2D eigenvalue weighted by atomic mass is 16.5. The summed E-state index contributed by atoms with van der Waals surface area (Å²) in [6.45, 7) is 3.91. The molecule has 0 spiro atoms. The monoisotopic (exact) mass is 368 g/mol. The Hall–Kier alpha value is -3.02. The first-order valence-electron chi connectivity index (χ1n) is 8.91. The Balaban J connectivity index is 1.69. The van der Waals surface area contributed by atoms with Crippen molar-refractivity contribution in [2.24, 2.45) is 0 Å². The summed E-state index contributed by atoms with van der Waals surface area (Å²) in [5.41, 5.74) is 2.05. The van der Waals surface area contributed by atoms with E-state index >= 15 is 0 Å². The number of carbonyl (C=O) groups excluding carboxylic acids is 2. The van der Waals surface area contributed by atoms with Gasteiger partial charge in [-0.15, -0.1) is 0 Å². The van der Waals surface area contributed by atoms with E-state index in [0.29, 0.717) is 48.8 Å². The van der Waals surface area contributed by atoms with E-state index in [-0.39, 0.29) is 11.8 Å². The quantitative estimate of drug-likeness (QED) is 0.832. The van der Waals surface area contributed by atoms with Crippen molar-refractivity contribution in [3.8, 4) is 11.5 Å². The molecule has 1 aliphatic heterocycles. The van der Waals surface area contributed by atoms with Crippen LogP contribution in [0.5, 0.6) is 11.5 Å². The molecule has 6 nitrogen and oxygen atoms in total. The van der Waals surface area contributed by atoms with Crippen molar-refractivity contribution in [3.63, 3.8) is 0 Å². The van der Waals surface area contributed by atoms with Crippen LogP contribution in [0.1, 0.15) is 26.3 Å². The van der Waals surface area contributed by atoms with Gasteiger partial charge in [-0.05, 0) is 31.2 Å². The van der Waals surface area contributed by atoms with E-state index in [4.69, 9.17) is 9.47 Å². The van der Waals surface area contributed by atoms with E-state index in [9.17, 15) is 9.59 Å². The molecular weight excluding hydrogens is 344 g/mol. The van der Waals surface area contributed by atoms with Gasteiger partial charge in [0.25, 0.3) is 11.8 Å². The van der Waals surface area contributed by atoms with Crippen LogP contribution >= 0.6 is 0 Å². The number of carbonyl (C=O) groups is 2. The van der Waals surface area contributed by atoms with Gasteiger partial charge in [0, 0.05) is 42.9 Å². The summed E-state index contributed by atoms with van der Waals surface area (Å²) in [4.78, 5) is 29.0. The summed E-state index contributed by atoms with van der Waals surface area (Å²) < 4.78 is 10.7. The van der Waals surface area contributed by atoms with E-state index in [1.807, 2.05) is 37.3 Å². The number of benzene rings is 2. The zero-order chi connectivity index (χ0) is 19.4. The van der Waals surface area contributed by atoms with Crippen LogP contribution in [0.25, 0.3) is 0 Å². The lowest BCUT2D eigenvalue weighted by Gasteiger charge is -2.35. The molecule has 2 aromatic carbocycles. The largest absolute Gasteiger partial charge is 0.496 e. The molecule has 3 rings (SSSR count). The second-order valence-corrected chi connectivity index (χ2v) is 6.46. The molecule has 0 unspecified atom stereocenters. The third kappa shape index (κ3) is 3.89. The number of hydrogen-bond donors (Lipinski definition) is 0. The zero-order valence-electron chi connectivity index (χ0n) is 15.9. The van der Waals surface area contributed by atoms with Gasteiger partial charge >= 0.3 is 0 Å². The second-order valence-electron chi connectivity index (χ2n) is 6.46. The maximum Gasteiger partial charge on any atom is 0.254 e. The maximum atomic E-state index is 12.9. The Morgan fingerprint density at radius 1 is 0.778 bits per heavy atom. The third-order valence-corrected chi connectivity index (χ3v) is 4.87. The molecule has 0 aliphatic carbocycles. The van der Waals surface area contributed by atoms with Gasteiger partial charge in [0.15, 0.2) is 0 Å². The summed E-state index contributed by atoms with van der Waals surface area (Å²) >= 11 is 0. The summed E-state index contributed by atoms with van der Waals surface area (Å²) in [6, 6.07) is 12.7. The summed E-state index contributed by atoms with van der Waals surface area (Å²) in [5.74, 6) is 1.16. The molecule has 1 fully saturated rings. The standard InChI is InChI=1S/C21H24N2O4/c1-15-18(26-2)13-17(14-19(15)27-3)21(25)23-11-9-22(10-12-23)20(24)16-7-5-4-6-8-16/h4-8,13-14H,9-12H2,1-3H3. The molecular formula is C21H24N2O4. The maximum absolute atomic E-state index is 12.9. The van der Waals surface area contributed by atoms with Gasteiger partial charge in [-0.1, -0.05) is 18.2 Å². The van der Waals surface area contributed by atoms with Crippen LogP contribution in [0.4, 0.5) is 0 Å². The smallest absolute Gasteiger partial charge is 0.254 e. The molecule has 2 amide bonds. The molecule has 0 aromatic heterocycles. The van der Waals surface area contributed by atoms with Crippen LogP contribution in [0.15, 0.2) is 42.5 Å². The number of amides is 2. The average molecular weight is 368 g/mol. The third-order valence-electron chi connectivity index (χ3n) is 4.87. The number of hydrogen-bond acceptors (Lipinski definition) is 4. The molecule has 0 atom stereocenters. The minimum atomic E-state index is -0.0848. The van der Waals surface area contributed by atoms with E-state index < -0.39 is 0 Å². The Bertz CT molecular complexity index is 802. The Morgan fingerprint density at radius 2 is 1.22 bits per heavy atom. The van der Waals surface area contributed by atoms with Crippen LogP contribution in [0.2, 0.25) is 0 Å². The molecule has 0 N–H and O–H groups in total. The Kier molecular flexibility index (Phi) is 5.64. The van der Waals surface area contributed by atoms with E-state index in [2.05, 4.69) is 0 Å². The van der Waals surface area contributed by atoms with Crippen LogP contribution < -0.4 is 9.47 Å². The van der Waals surface area contributed by atoms with Gasteiger partial charge in [-0.2, -0.15) is 0 Å². The molecule has 1 aliphatic rings. The van der Waals surface area contributed by atoms with Crippen LogP contribution in [-0.2, 0) is 0 Å². The van der Waals surface area contributed by atoms with E-state index in [1.165, 1.54) is 0 Å². The second kappa shape index (κ2) is 8.12. The first-order chi connectivity index (χ1) is 13.0. The normalized spacial score (nSPS) is 14.0. The SMILES string of the molecule is COc1cc(C(=O)N2CCN(C(=O)c3ccccc3)CC2)cc(OC)c1C. The molecule has 142 valence electrons. The minimum absolute atomic E-state index is 0.00127. The fraction of sp³-hybridized carbons (Fsp3) is 0.333. The molecule has 2 aromatic rings. The summed E-state index contributed by atoms with van der Waals surface area (Å²) in [7, 11) is 3.15. The Labute approximate surface area is 159 Å². The fourth-order valence-electron chi connectivity index (χ4n) is 3.27. The van der Waals surface area contributed by atoms with Crippen LogP contribution in [0, 0.1) is 6.92 Å². The minimum Gasteiger partial charge on any atom is -0.496 e. The van der Waals surface area contributed by atoms with Crippen molar-refractivity contribution < 1.29 is 19.1 Å². The fourth-order valence-corrected chi connectivity index (χ4v) is 3.27. The van der Waals surface area contributed by atoms with Crippen molar-refractivity contribution in [2.45, 2.75) is 6.92 Å². The molecule has 0 saturated carbocycles. The van der Waals surface area contributed by atoms with Crippen molar-refractivity contribution in [1.82, 2.24) is 9.80 Å². The lowest BCUT2D eigenvalue weighted by molar-refractivity contribution is 0.0535. The van der Waals surface area contributed by atoms with E-state index in [0.717, 1.165) is 5.56 Å². The average Bonchev–Trinajstić information content (AvgIpc) is 2.73. The number of methoxy groups -OCH3 is 2. The van der Waals surface area contributed by atoms with Gasteiger partial charge in [-0.3, -0.25) is 9.59 Å². The van der Waals surface area contributed by atoms with Gasteiger partial charge in [0.1, 0.15) is 11.5 Å². The van der Waals surface area contributed by atoms with Crippen molar-refractivity contribution in [3.05, 3.63) is 59.2 Å². The predicted molar refractivity (Wildman–Crippen MR) is 103 cm³/mol. The number of rotatable bonds is 4. The molecule has 0 radical (unpaired) electrons. The van der Waals surface area contributed by atoms with Gasteiger partial charge in [0.2, 0.25) is 0 Å². The molecule has 0 bridgehead atoms. The van der Waals surface area contributed by atoms with Crippen molar-refractivity contribution >= 4 is 11.8 Å². The first kappa shape index (κ1) is 18.8. The van der Waals surface area contributed by atoms with Crippen LogP contribution in [-0.4, -0.2) is 62.0 Å². The molecule has 6 heteroatoms. The number of ether oxygens (including phenoxy) is 2. The van der Waals surface area contributed by atoms with Crippen molar-refractivity contribution in [2.75, 3.05) is 40.4 Å². The van der Waals surface area contributed by atoms with Crippen molar-refractivity contribution in [1.29, 1.82) is 0 Å². The summed E-state index contributed by atoms with van der Waals surface area (Å²) in [6.07, 6.45) is 0. The predicted octanol–water partition coefficient (Wildman–Crippen LogP) is 2.61. The first-order valence-corrected chi connectivity index (χ1v) is 8.91. The highest BCUT2D eigenvalue weighted by molar-refractivity contribution is 5.96. The molecule has 1 heterocycles. The highest BCUT2D eigenvalue weighted by Crippen LogP contribution is 2.30. The molecule has 27 heavy (non-hydrogen) atoms. The van der Waals surface area contributed by atoms with Gasteiger partial charge < -0.3 is 19.3 Å². The summed E-state index contributed by atoms with van der Waals surface area (Å²) in [5, 5.41) is 0. The zero-order valence-corrected chi connectivity index (χ0v) is 15.9. The van der Waals surface area contributed by atoms with Gasteiger partial charge in [-0.25, -0.2) is 0 Å². The van der Waals surface area contributed by atoms with Gasteiger partial charge in [0.05, 0.1) is 14.2 Å². The lowest BCUT2D eigenvalue weighted by atomic mass is 10.1. The molecule has 1 saturated heterocycles. The Morgan fingerprint density at radius 3 is 1.67 bits per heavy atom. The topological polar surface area (TPSA) is 59.1 Å².